The minimum absolute atomic E-state index is 0.0000761. The number of benzene rings is 1. The zero-order chi connectivity index (χ0) is 27.0. The molecule has 2 atom stereocenters. The number of halogens is 1. The summed E-state index contributed by atoms with van der Waals surface area (Å²) in [6.07, 6.45) is 4.10. The van der Waals surface area contributed by atoms with E-state index >= 15 is 0 Å². The van der Waals surface area contributed by atoms with Crippen LogP contribution in [0.3, 0.4) is 0 Å². The van der Waals surface area contributed by atoms with Crippen molar-refractivity contribution < 1.29 is 19.1 Å². The Hall–Kier alpha value is -2.83. The molecule has 0 aromatic heterocycles. The van der Waals surface area contributed by atoms with Gasteiger partial charge in [-0.25, -0.2) is 4.39 Å². The first-order chi connectivity index (χ1) is 17.2. The number of hydrogen-bond acceptors (Lipinski definition) is 4. The van der Waals surface area contributed by atoms with Crippen LogP contribution in [0.4, 0.5) is 4.39 Å². The number of amides is 2. The molecule has 200 valence electrons. The van der Waals surface area contributed by atoms with Gasteiger partial charge in [-0.3, -0.25) is 9.59 Å². The molecule has 0 aliphatic carbocycles. The number of nitrogens with one attached hydrogen (secondary N) is 1. The Balaban J connectivity index is 0.000000850. The predicted octanol–water partition coefficient (Wildman–Crippen LogP) is 6.05. The number of rotatable bonds is 6. The summed E-state index contributed by atoms with van der Waals surface area (Å²) in [6, 6.07) is 6.10. The number of aliphatic hydroxyl groups excluding tert-OH is 1. The summed E-state index contributed by atoms with van der Waals surface area (Å²) < 4.78 is 13.2. The molecule has 0 radical (unpaired) electrons. The zero-order valence-electron chi connectivity index (χ0n) is 23.1. The standard InChI is InChI=1S/C24H30FN3O3.C3H8.C2H6/c1-4-12-24(3)19(22(30)26-13-15-6-8-16(25)9-7-15)18-11-10-17-14-27(5-2)23(31)20(21(24)29)28(17)18;1-3-2;1-2/h6-9,17,29H,4-5,10-14H2,1-3H3,(H,26,30);3H2,1-2H3;1-2H3. The minimum atomic E-state index is -0.926. The molecule has 0 spiro atoms. The highest BCUT2D eigenvalue weighted by molar-refractivity contribution is 6.00. The van der Waals surface area contributed by atoms with Crippen molar-refractivity contribution in [3.63, 3.8) is 0 Å². The molecule has 3 aliphatic rings. The Morgan fingerprint density at radius 3 is 2.33 bits per heavy atom. The second-order valence-electron chi connectivity index (χ2n) is 9.52. The quantitative estimate of drug-likeness (QED) is 0.497. The molecule has 4 rings (SSSR count). The van der Waals surface area contributed by atoms with Crippen molar-refractivity contribution in [1.29, 1.82) is 0 Å². The van der Waals surface area contributed by atoms with Crippen molar-refractivity contribution in [1.82, 2.24) is 15.1 Å². The molecule has 0 bridgehead atoms. The van der Waals surface area contributed by atoms with E-state index in [4.69, 9.17) is 0 Å². The number of allylic oxidation sites excluding steroid dienone is 2. The number of nitrogens with zero attached hydrogens (tertiary/aromatic N) is 2. The first-order valence-electron chi connectivity index (χ1n) is 13.5. The summed E-state index contributed by atoms with van der Waals surface area (Å²) in [4.78, 5) is 30.3. The molecule has 6 nitrogen and oxygen atoms in total. The van der Waals surface area contributed by atoms with Gasteiger partial charge in [-0.1, -0.05) is 59.6 Å². The van der Waals surface area contributed by atoms with Gasteiger partial charge in [0.25, 0.3) is 5.91 Å². The SMILES string of the molecule is CC.CCC.CCCC1(C)C(O)=C2C(=O)N(CC)CC3CCC(=C1C(=O)NCc1ccc(F)cc1)N23. The Labute approximate surface area is 216 Å². The van der Waals surface area contributed by atoms with E-state index in [9.17, 15) is 19.1 Å². The summed E-state index contributed by atoms with van der Waals surface area (Å²) in [7, 11) is 0. The molecule has 7 heteroatoms. The maximum absolute atomic E-state index is 13.4. The van der Waals surface area contributed by atoms with Gasteiger partial charge in [0.1, 0.15) is 17.3 Å². The molecule has 1 aromatic carbocycles. The van der Waals surface area contributed by atoms with E-state index in [2.05, 4.69) is 19.2 Å². The summed E-state index contributed by atoms with van der Waals surface area (Å²) in [6.45, 7) is 15.5. The third-order valence-electron chi connectivity index (χ3n) is 6.84. The molecule has 3 aliphatic heterocycles. The maximum Gasteiger partial charge on any atom is 0.274 e. The van der Waals surface area contributed by atoms with Crippen molar-refractivity contribution in [3.8, 4) is 0 Å². The van der Waals surface area contributed by atoms with Crippen LogP contribution in [-0.4, -0.2) is 45.9 Å². The van der Waals surface area contributed by atoms with Crippen molar-refractivity contribution in [2.24, 2.45) is 5.41 Å². The molecular formula is C29H44FN3O3. The lowest BCUT2D eigenvalue weighted by atomic mass is 9.72. The number of aliphatic hydroxyl groups is 1. The number of carbonyl (C=O) groups is 2. The number of carbonyl (C=O) groups excluding carboxylic acids is 2. The van der Waals surface area contributed by atoms with E-state index in [0.29, 0.717) is 37.2 Å². The fraction of sp³-hybridized carbons (Fsp3) is 0.586. The molecule has 2 amide bonds. The Bertz CT molecular complexity index is 986. The third kappa shape index (κ3) is 5.60. The van der Waals surface area contributed by atoms with Gasteiger partial charge in [-0.15, -0.1) is 0 Å². The van der Waals surface area contributed by atoms with E-state index in [0.717, 1.165) is 24.1 Å². The Morgan fingerprint density at radius 1 is 1.17 bits per heavy atom. The van der Waals surface area contributed by atoms with Crippen LogP contribution >= 0.6 is 0 Å². The smallest absolute Gasteiger partial charge is 0.274 e. The topological polar surface area (TPSA) is 72.9 Å². The third-order valence-corrected chi connectivity index (χ3v) is 6.84. The van der Waals surface area contributed by atoms with Crippen molar-refractivity contribution in [2.75, 3.05) is 13.1 Å². The lowest BCUT2D eigenvalue weighted by molar-refractivity contribution is -0.133. The van der Waals surface area contributed by atoms with Gasteiger partial charge in [0.15, 0.2) is 0 Å². The van der Waals surface area contributed by atoms with E-state index in [1.165, 1.54) is 18.6 Å². The van der Waals surface area contributed by atoms with Gasteiger partial charge < -0.3 is 20.2 Å². The first kappa shape index (κ1) is 29.4. The zero-order valence-corrected chi connectivity index (χ0v) is 23.1. The average molecular weight is 502 g/mol. The lowest BCUT2D eigenvalue weighted by Crippen LogP contribution is -2.55. The molecular weight excluding hydrogens is 457 g/mol. The second-order valence-corrected chi connectivity index (χ2v) is 9.52. The van der Waals surface area contributed by atoms with Crippen LogP contribution in [0.1, 0.15) is 86.1 Å². The van der Waals surface area contributed by atoms with Gasteiger partial charge in [0, 0.05) is 30.9 Å². The molecule has 2 saturated heterocycles. The van der Waals surface area contributed by atoms with Gasteiger partial charge in [0.05, 0.1) is 11.5 Å². The van der Waals surface area contributed by atoms with Gasteiger partial charge in [-0.05, 0) is 50.8 Å². The molecule has 1 aromatic rings. The highest BCUT2D eigenvalue weighted by Gasteiger charge is 2.53. The molecule has 2 N–H and O–H groups in total. The van der Waals surface area contributed by atoms with Crippen molar-refractivity contribution >= 4 is 11.8 Å². The van der Waals surface area contributed by atoms with Crippen LogP contribution in [-0.2, 0) is 16.1 Å². The van der Waals surface area contributed by atoms with Crippen LogP contribution in [0.5, 0.6) is 0 Å². The highest BCUT2D eigenvalue weighted by Crippen LogP contribution is 2.52. The van der Waals surface area contributed by atoms with Crippen LogP contribution in [0.25, 0.3) is 0 Å². The normalized spacial score (nSPS) is 22.4. The molecule has 3 heterocycles. The summed E-state index contributed by atoms with van der Waals surface area (Å²) in [5.74, 6) is -0.728. The Morgan fingerprint density at radius 2 is 1.78 bits per heavy atom. The number of likely N-dealkylation sites (N-methyl/N-ethyl adjacent to an activating group) is 1. The Kier molecular flexibility index (Phi) is 10.6. The number of piperazine rings is 1. The largest absolute Gasteiger partial charge is 0.509 e. The number of hydrogen-bond donors (Lipinski definition) is 2. The molecule has 2 fully saturated rings. The van der Waals surface area contributed by atoms with Gasteiger partial charge >= 0.3 is 0 Å². The van der Waals surface area contributed by atoms with Crippen LogP contribution < -0.4 is 5.32 Å². The first-order valence-corrected chi connectivity index (χ1v) is 13.5. The predicted molar refractivity (Wildman–Crippen MR) is 142 cm³/mol. The average Bonchev–Trinajstić information content (AvgIpc) is 3.27. The van der Waals surface area contributed by atoms with Gasteiger partial charge in [-0.2, -0.15) is 0 Å². The van der Waals surface area contributed by atoms with Crippen molar-refractivity contribution in [3.05, 3.63) is 58.4 Å². The fourth-order valence-corrected chi connectivity index (χ4v) is 5.28. The maximum atomic E-state index is 13.4. The highest BCUT2D eigenvalue weighted by atomic mass is 19.1. The molecule has 36 heavy (non-hydrogen) atoms. The van der Waals surface area contributed by atoms with E-state index in [1.807, 2.05) is 39.5 Å². The van der Waals surface area contributed by atoms with Gasteiger partial charge in [0.2, 0.25) is 5.91 Å². The summed E-state index contributed by atoms with van der Waals surface area (Å²) in [5.41, 5.74) is 1.62. The van der Waals surface area contributed by atoms with Crippen LogP contribution in [0.15, 0.2) is 47.0 Å². The van der Waals surface area contributed by atoms with Crippen LogP contribution in [0.2, 0.25) is 0 Å². The lowest BCUT2D eigenvalue weighted by Gasteiger charge is -2.47. The summed E-state index contributed by atoms with van der Waals surface area (Å²) in [5, 5.41) is 14.3. The van der Waals surface area contributed by atoms with Crippen molar-refractivity contribution in [2.45, 2.75) is 93.2 Å². The van der Waals surface area contributed by atoms with Crippen LogP contribution in [0, 0.1) is 11.2 Å². The van der Waals surface area contributed by atoms with E-state index in [1.54, 1.807) is 17.0 Å². The monoisotopic (exact) mass is 501 g/mol. The second kappa shape index (κ2) is 12.9. The molecule has 0 saturated carbocycles. The summed E-state index contributed by atoms with van der Waals surface area (Å²) >= 11 is 0. The fourth-order valence-electron chi connectivity index (χ4n) is 5.28. The molecule has 2 unspecified atom stereocenters. The minimum Gasteiger partial charge on any atom is -0.509 e. The van der Waals surface area contributed by atoms with E-state index in [-0.39, 0.29) is 36.0 Å². The van der Waals surface area contributed by atoms with E-state index < -0.39 is 5.41 Å².